The normalized spacial score (nSPS) is 11.3. The summed E-state index contributed by atoms with van der Waals surface area (Å²) in [6.45, 7) is 6.31. The summed E-state index contributed by atoms with van der Waals surface area (Å²) >= 11 is 0. The summed E-state index contributed by atoms with van der Waals surface area (Å²) < 4.78 is 0. The van der Waals surface area contributed by atoms with Gasteiger partial charge in [-0.15, -0.1) is 0 Å². The van der Waals surface area contributed by atoms with Gasteiger partial charge in [0.15, 0.2) is 5.36 Å². The number of nitrogens with zero attached hydrogens (tertiary/aromatic N) is 1. The summed E-state index contributed by atoms with van der Waals surface area (Å²) in [4.78, 5) is 36.4. The molecule has 3 aromatic carbocycles. The molecule has 6 nitrogen and oxygen atoms in total. The van der Waals surface area contributed by atoms with E-state index in [4.69, 9.17) is 0 Å². The van der Waals surface area contributed by atoms with E-state index in [-0.39, 0.29) is 10.8 Å². The highest BCUT2D eigenvalue weighted by atomic mass is 16.2. The molecule has 0 unspecified atom stereocenters. The van der Waals surface area contributed by atoms with Crippen molar-refractivity contribution >= 4 is 22.5 Å². The predicted molar refractivity (Wildman–Crippen MR) is 102 cm³/mol. The first kappa shape index (κ1) is 17.5. The van der Waals surface area contributed by atoms with Crippen molar-refractivity contribution in [2.45, 2.75) is 26.2 Å². The number of carbonyl (C=O) groups is 1. The molecule has 0 radical (unpaired) electrons. The lowest BCUT2D eigenvalue weighted by Gasteiger charge is -2.19. The van der Waals surface area contributed by atoms with Crippen molar-refractivity contribution in [3.8, 4) is 0 Å². The summed E-state index contributed by atoms with van der Waals surface area (Å²) in [5.41, 5.74) is 2.99. The Morgan fingerprint density at radius 2 is 1.42 bits per heavy atom. The van der Waals surface area contributed by atoms with Crippen LogP contribution in [0.3, 0.4) is 0 Å². The van der Waals surface area contributed by atoms with Crippen LogP contribution >= 0.6 is 0 Å². The highest BCUT2D eigenvalue weighted by Gasteiger charge is 2.13. The Labute approximate surface area is 149 Å². The number of urea groups is 1. The third kappa shape index (κ3) is 3.39. The number of hydrogen-bond acceptors (Lipinski definition) is 4. The second kappa shape index (κ2) is 6.55. The fourth-order valence-electron chi connectivity index (χ4n) is 2.66. The van der Waals surface area contributed by atoms with Crippen LogP contribution in [0, 0.1) is 0 Å². The monoisotopic (exact) mass is 349 g/mol. The van der Waals surface area contributed by atoms with Crippen LogP contribution in [0.15, 0.2) is 63.2 Å². The van der Waals surface area contributed by atoms with E-state index in [1.54, 1.807) is 36.4 Å². The minimum absolute atomic E-state index is 0.0188. The van der Waals surface area contributed by atoms with Crippen molar-refractivity contribution in [1.29, 1.82) is 0 Å². The molecule has 0 bridgehead atoms. The molecule has 6 heteroatoms. The number of carbonyl (C=O) groups excluding carboxylic acids is 1. The van der Waals surface area contributed by atoms with Crippen molar-refractivity contribution in [2.24, 2.45) is 5.10 Å². The lowest BCUT2D eigenvalue weighted by Crippen LogP contribution is -2.36. The van der Waals surface area contributed by atoms with E-state index >= 15 is 0 Å². The van der Waals surface area contributed by atoms with Gasteiger partial charge >= 0.3 is 6.03 Å². The molecular weight excluding hydrogens is 330 g/mol. The van der Waals surface area contributed by atoms with Crippen LogP contribution in [-0.4, -0.2) is 6.03 Å². The van der Waals surface area contributed by atoms with Crippen molar-refractivity contribution in [3.05, 3.63) is 79.9 Å². The van der Waals surface area contributed by atoms with Crippen LogP contribution in [0.25, 0.3) is 10.8 Å². The van der Waals surface area contributed by atoms with E-state index in [1.165, 1.54) is 0 Å². The predicted octanol–water partition coefficient (Wildman–Crippen LogP) is 2.37. The first-order chi connectivity index (χ1) is 12.3. The number of nitrogens with one attached hydrogen (secondary N) is 2. The number of amides is 2. The van der Waals surface area contributed by atoms with Gasteiger partial charge < -0.3 is 5.32 Å². The molecule has 3 rings (SSSR count). The van der Waals surface area contributed by atoms with Gasteiger partial charge in [-0.1, -0.05) is 57.2 Å². The molecule has 2 amide bonds. The van der Waals surface area contributed by atoms with Crippen molar-refractivity contribution in [1.82, 2.24) is 5.43 Å². The largest absolute Gasteiger partial charge is 0.339 e. The molecule has 3 aromatic rings. The zero-order valence-electron chi connectivity index (χ0n) is 14.8. The molecule has 0 heterocycles. The Morgan fingerprint density at radius 3 is 1.92 bits per heavy atom. The fraction of sp³-hybridized carbons (Fsp3) is 0.200. The Balaban J connectivity index is 1.78. The molecule has 0 atom stereocenters. The van der Waals surface area contributed by atoms with Gasteiger partial charge in [0.2, 0.25) is 10.9 Å². The van der Waals surface area contributed by atoms with Gasteiger partial charge in [0.05, 0.1) is 0 Å². The van der Waals surface area contributed by atoms with Gasteiger partial charge in [0.1, 0.15) is 0 Å². The maximum absolute atomic E-state index is 12.2. The summed E-state index contributed by atoms with van der Waals surface area (Å²) in [6, 6.07) is 13.3. The summed E-state index contributed by atoms with van der Waals surface area (Å²) in [7, 11) is 0. The van der Waals surface area contributed by atoms with Gasteiger partial charge in [0.25, 0.3) is 0 Å². The van der Waals surface area contributed by atoms with E-state index in [0.717, 1.165) is 5.56 Å². The Morgan fingerprint density at radius 1 is 0.885 bits per heavy atom. The van der Waals surface area contributed by atoms with Gasteiger partial charge in [-0.2, -0.15) is 5.10 Å². The molecule has 0 aliphatic heterocycles. The Kier molecular flexibility index (Phi) is 4.42. The molecule has 0 saturated carbocycles. The van der Waals surface area contributed by atoms with Gasteiger partial charge in [-0.25, -0.2) is 10.2 Å². The summed E-state index contributed by atoms with van der Waals surface area (Å²) in [6.07, 6.45) is 0. The van der Waals surface area contributed by atoms with Crippen LogP contribution < -0.4 is 27.0 Å². The third-order valence-electron chi connectivity index (χ3n) is 4.12. The number of rotatable bonds is 2. The zero-order valence-corrected chi connectivity index (χ0v) is 14.8. The molecule has 0 spiro atoms. The molecule has 0 aliphatic carbocycles. The Hall–Kier alpha value is -3.28. The standard InChI is InChI=1S/C20H19N3O3/c1-20(2,3)12-8-10-13(11-9-12)21-19(26)23-22-16-17(24)14-6-4-5-7-15(14)18(16)25/h4-11H,1-3H3,(H2,21,23,26). The highest BCUT2D eigenvalue weighted by molar-refractivity contribution is 5.89. The van der Waals surface area contributed by atoms with E-state index in [0.29, 0.717) is 16.5 Å². The number of fused-ring (bicyclic) bond motifs is 1. The first-order valence-electron chi connectivity index (χ1n) is 8.21. The molecule has 0 fully saturated rings. The highest BCUT2D eigenvalue weighted by Crippen LogP contribution is 2.23. The number of anilines is 1. The van der Waals surface area contributed by atoms with E-state index in [1.807, 2.05) is 12.1 Å². The fourth-order valence-corrected chi connectivity index (χ4v) is 2.66. The van der Waals surface area contributed by atoms with Crippen molar-refractivity contribution < 1.29 is 4.79 Å². The van der Waals surface area contributed by atoms with Crippen LogP contribution in [-0.2, 0) is 5.41 Å². The molecule has 2 N–H and O–H groups in total. The number of hydrogen-bond donors (Lipinski definition) is 2. The summed E-state index contributed by atoms with van der Waals surface area (Å²) in [5, 5.41) is 6.64. The molecule has 132 valence electrons. The van der Waals surface area contributed by atoms with Crippen molar-refractivity contribution in [3.63, 3.8) is 0 Å². The zero-order chi connectivity index (χ0) is 18.9. The van der Waals surface area contributed by atoms with Crippen LogP contribution in [0.4, 0.5) is 10.5 Å². The van der Waals surface area contributed by atoms with E-state index < -0.39 is 16.9 Å². The maximum Gasteiger partial charge on any atom is 0.339 e. The lowest BCUT2D eigenvalue weighted by molar-refractivity contribution is 0.252. The van der Waals surface area contributed by atoms with Crippen LogP contribution in [0.1, 0.15) is 26.3 Å². The molecule has 0 aliphatic rings. The topological polar surface area (TPSA) is 87.6 Å². The van der Waals surface area contributed by atoms with Crippen molar-refractivity contribution in [2.75, 3.05) is 5.32 Å². The van der Waals surface area contributed by atoms with E-state index in [9.17, 15) is 14.4 Å². The summed E-state index contributed by atoms with van der Waals surface area (Å²) in [5.74, 6) is 0. The molecule has 26 heavy (non-hydrogen) atoms. The number of benzene rings is 2. The van der Waals surface area contributed by atoms with E-state index in [2.05, 4.69) is 36.6 Å². The second-order valence-corrected chi connectivity index (χ2v) is 7.06. The lowest BCUT2D eigenvalue weighted by atomic mass is 9.87. The molecule has 0 aromatic heterocycles. The van der Waals surface area contributed by atoms with Gasteiger partial charge in [-0.3, -0.25) is 9.59 Å². The maximum atomic E-state index is 12.2. The third-order valence-corrected chi connectivity index (χ3v) is 4.12. The minimum Gasteiger partial charge on any atom is -0.307 e. The Bertz CT molecular complexity index is 1070. The average molecular weight is 349 g/mol. The average Bonchev–Trinajstić information content (AvgIpc) is 2.84. The van der Waals surface area contributed by atoms with Crippen LogP contribution in [0.5, 0.6) is 0 Å². The SMILES string of the molecule is CC(C)(C)c1ccc(NC(=O)NN=c2c(=O)c3ccccc3c2=O)cc1. The molecule has 0 saturated heterocycles. The smallest absolute Gasteiger partial charge is 0.307 e. The van der Waals surface area contributed by atoms with Crippen LogP contribution in [0.2, 0.25) is 0 Å². The second-order valence-electron chi connectivity index (χ2n) is 7.06. The minimum atomic E-state index is -0.627. The van der Waals surface area contributed by atoms with Gasteiger partial charge in [-0.05, 0) is 23.1 Å². The molecular formula is C20H19N3O3. The first-order valence-corrected chi connectivity index (χ1v) is 8.21. The van der Waals surface area contributed by atoms with Gasteiger partial charge in [0, 0.05) is 16.5 Å². The quantitative estimate of drug-likeness (QED) is 0.696.